The zero-order chi connectivity index (χ0) is 10.4. The molecule has 1 atom stereocenters. The SMILES string of the molecule is CCOC(C)Oc1ccccc1OC. The van der Waals surface area contributed by atoms with Crippen LogP contribution in [0.5, 0.6) is 11.5 Å². The van der Waals surface area contributed by atoms with Gasteiger partial charge in [0.05, 0.1) is 7.11 Å². The van der Waals surface area contributed by atoms with E-state index >= 15 is 0 Å². The molecule has 0 aliphatic carbocycles. The highest BCUT2D eigenvalue weighted by atomic mass is 16.7. The Kier molecular flexibility index (Phi) is 4.26. The summed E-state index contributed by atoms with van der Waals surface area (Å²) in [4.78, 5) is 0. The second kappa shape index (κ2) is 5.50. The first-order chi connectivity index (χ1) is 6.77. The topological polar surface area (TPSA) is 27.7 Å². The van der Waals surface area contributed by atoms with Gasteiger partial charge in [-0.05, 0) is 26.0 Å². The van der Waals surface area contributed by atoms with Crippen molar-refractivity contribution < 1.29 is 14.2 Å². The number of hydrogen-bond acceptors (Lipinski definition) is 3. The quantitative estimate of drug-likeness (QED) is 0.677. The molecule has 0 saturated heterocycles. The van der Waals surface area contributed by atoms with E-state index in [1.54, 1.807) is 7.11 Å². The lowest BCUT2D eigenvalue weighted by atomic mass is 10.3. The van der Waals surface area contributed by atoms with E-state index in [9.17, 15) is 0 Å². The average Bonchev–Trinajstić information content (AvgIpc) is 2.19. The van der Waals surface area contributed by atoms with Crippen molar-refractivity contribution in [3.8, 4) is 11.5 Å². The standard InChI is InChI=1S/C11H16O3/c1-4-13-9(2)14-11-8-6-5-7-10(11)12-3/h5-9H,4H2,1-3H3. The molecule has 0 amide bonds. The van der Waals surface area contributed by atoms with E-state index in [2.05, 4.69) is 0 Å². The van der Waals surface area contributed by atoms with E-state index in [-0.39, 0.29) is 6.29 Å². The van der Waals surface area contributed by atoms with Crippen LogP contribution in [0.1, 0.15) is 13.8 Å². The Labute approximate surface area is 84.6 Å². The molecule has 1 unspecified atom stereocenters. The molecule has 3 heteroatoms. The smallest absolute Gasteiger partial charge is 0.197 e. The molecule has 0 heterocycles. The number of hydrogen-bond donors (Lipinski definition) is 0. The van der Waals surface area contributed by atoms with Crippen molar-refractivity contribution in [1.29, 1.82) is 0 Å². The van der Waals surface area contributed by atoms with Crippen molar-refractivity contribution in [3.63, 3.8) is 0 Å². The van der Waals surface area contributed by atoms with Gasteiger partial charge in [-0.3, -0.25) is 0 Å². The minimum absolute atomic E-state index is 0.253. The summed E-state index contributed by atoms with van der Waals surface area (Å²) >= 11 is 0. The lowest BCUT2D eigenvalue weighted by Crippen LogP contribution is -2.16. The van der Waals surface area contributed by atoms with Gasteiger partial charge in [0.25, 0.3) is 0 Å². The summed E-state index contributed by atoms with van der Waals surface area (Å²) in [6, 6.07) is 7.51. The van der Waals surface area contributed by atoms with Crippen molar-refractivity contribution in [1.82, 2.24) is 0 Å². The zero-order valence-corrected chi connectivity index (χ0v) is 8.82. The van der Waals surface area contributed by atoms with Gasteiger partial charge in [0.2, 0.25) is 0 Å². The van der Waals surface area contributed by atoms with E-state index in [4.69, 9.17) is 14.2 Å². The number of methoxy groups -OCH3 is 1. The van der Waals surface area contributed by atoms with Gasteiger partial charge < -0.3 is 14.2 Å². The number of ether oxygens (including phenoxy) is 3. The summed E-state index contributed by atoms with van der Waals surface area (Å²) in [7, 11) is 1.62. The highest BCUT2D eigenvalue weighted by Crippen LogP contribution is 2.26. The van der Waals surface area contributed by atoms with Gasteiger partial charge in [-0.2, -0.15) is 0 Å². The highest BCUT2D eigenvalue weighted by Gasteiger charge is 2.07. The van der Waals surface area contributed by atoms with E-state index < -0.39 is 0 Å². The van der Waals surface area contributed by atoms with Crippen LogP contribution in [0.25, 0.3) is 0 Å². The van der Waals surface area contributed by atoms with E-state index in [0.717, 1.165) is 5.75 Å². The van der Waals surface area contributed by atoms with Crippen LogP contribution in [-0.2, 0) is 4.74 Å². The third-order valence-corrected chi connectivity index (χ3v) is 1.76. The maximum absolute atomic E-state index is 5.53. The first kappa shape index (κ1) is 10.9. The molecule has 14 heavy (non-hydrogen) atoms. The molecule has 0 fully saturated rings. The molecule has 1 aromatic carbocycles. The van der Waals surface area contributed by atoms with E-state index in [0.29, 0.717) is 12.4 Å². The van der Waals surface area contributed by atoms with Crippen molar-refractivity contribution >= 4 is 0 Å². The fraction of sp³-hybridized carbons (Fsp3) is 0.455. The third kappa shape index (κ3) is 2.92. The molecule has 0 spiro atoms. The molecule has 0 saturated carbocycles. The van der Waals surface area contributed by atoms with Crippen molar-refractivity contribution in [2.24, 2.45) is 0 Å². The van der Waals surface area contributed by atoms with Crippen molar-refractivity contribution in [3.05, 3.63) is 24.3 Å². The Hall–Kier alpha value is -1.22. The van der Waals surface area contributed by atoms with Crippen LogP contribution in [0, 0.1) is 0 Å². The summed E-state index contributed by atoms with van der Waals surface area (Å²) in [6.45, 7) is 4.42. The van der Waals surface area contributed by atoms with Gasteiger partial charge in [-0.15, -0.1) is 0 Å². The Morgan fingerprint density at radius 1 is 1.21 bits per heavy atom. The van der Waals surface area contributed by atoms with Crippen LogP contribution < -0.4 is 9.47 Å². The van der Waals surface area contributed by atoms with Crippen LogP contribution in [-0.4, -0.2) is 20.0 Å². The maximum Gasteiger partial charge on any atom is 0.197 e. The predicted octanol–water partition coefficient (Wildman–Crippen LogP) is 2.46. The lowest BCUT2D eigenvalue weighted by molar-refractivity contribution is -0.0623. The first-order valence-electron chi connectivity index (χ1n) is 4.69. The molecule has 0 aromatic heterocycles. The normalized spacial score (nSPS) is 12.2. The van der Waals surface area contributed by atoms with Gasteiger partial charge in [0.15, 0.2) is 17.8 Å². The molecule has 3 nitrogen and oxygen atoms in total. The fourth-order valence-corrected chi connectivity index (χ4v) is 1.16. The third-order valence-electron chi connectivity index (χ3n) is 1.76. The summed E-state index contributed by atoms with van der Waals surface area (Å²) in [6.07, 6.45) is -0.253. The van der Waals surface area contributed by atoms with Gasteiger partial charge in [0, 0.05) is 6.61 Å². The molecular formula is C11H16O3. The average molecular weight is 196 g/mol. The van der Waals surface area contributed by atoms with Gasteiger partial charge in [-0.1, -0.05) is 12.1 Å². The molecule has 0 aliphatic heterocycles. The molecule has 1 rings (SSSR count). The Morgan fingerprint density at radius 2 is 1.86 bits per heavy atom. The molecular weight excluding hydrogens is 180 g/mol. The van der Waals surface area contributed by atoms with Crippen LogP contribution in [0.15, 0.2) is 24.3 Å². The van der Waals surface area contributed by atoms with Crippen molar-refractivity contribution in [2.75, 3.05) is 13.7 Å². The van der Waals surface area contributed by atoms with Gasteiger partial charge in [0.1, 0.15) is 0 Å². The maximum atomic E-state index is 5.53. The first-order valence-corrected chi connectivity index (χ1v) is 4.69. The summed E-state index contributed by atoms with van der Waals surface area (Å²) in [5.74, 6) is 1.43. The highest BCUT2D eigenvalue weighted by molar-refractivity contribution is 5.39. The molecule has 0 bridgehead atoms. The van der Waals surface area contributed by atoms with Gasteiger partial charge >= 0.3 is 0 Å². The Bertz CT molecular complexity index is 273. The minimum atomic E-state index is -0.253. The monoisotopic (exact) mass is 196 g/mol. The van der Waals surface area contributed by atoms with Crippen LogP contribution in [0.4, 0.5) is 0 Å². The molecule has 0 N–H and O–H groups in total. The lowest BCUT2D eigenvalue weighted by Gasteiger charge is -2.16. The Morgan fingerprint density at radius 3 is 2.43 bits per heavy atom. The van der Waals surface area contributed by atoms with Crippen LogP contribution in [0.3, 0.4) is 0 Å². The predicted molar refractivity (Wildman–Crippen MR) is 54.7 cm³/mol. The molecule has 78 valence electrons. The number of rotatable bonds is 5. The van der Waals surface area contributed by atoms with Crippen LogP contribution >= 0.6 is 0 Å². The second-order valence-corrected chi connectivity index (χ2v) is 2.79. The molecule has 0 aliphatic rings. The molecule has 1 aromatic rings. The van der Waals surface area contributed by atoms with Crippen molar-refractivity contribution in [2.45, 2.75) is 20.1 Å². The van der Waals surface area contributed by atoms with E-state index in [1.807, 2.05) is 38.1 Å². The second-order valence-electron chi connectivity index (χ2n) is 2.79. The summed E-state index contributed by atoms with van der Waals surface area (Å²) in [5, 5.41) is 0. The van der Waals surface area contributed by atoms with Gasteiger partial charge in [-0.25, -0.2) is 0 Å². The summed E-state index contributed by atoms with van der Waals surface area (Å²) < 4.78 is 15.9. The van der Waals surface area contributed by atoms with E-state index in [1.165, 1.54) is 0 Å². The largest absolute Gasteiger partial charge is 0.493 e. The number of para-hydroxylation sites is 2. The summed E-state index contributed by atoms with van der Waals surface area (Å²) in [5.41, 5.74) is 0. The molecule has 0 radical (unpaired) electrons. The fourth-order valence-electron chi connectivity index (χ4n) is 1.16. The Balaban J connectivity index is 2.65. The number of benzene rings is 1. The zero-order valence-electron chi connectivity index (χ0n) is 8.82. The van der Waals surface area contributed by atoms with Crippen LogP contribution in [0.2, 0.25) is 0 Å². The minimum Gasteiger partial charge on any atom is -0.493 e.